The molecule has 1 heterocycles. The van der Waals surface area contributed by atoms with Crippen LogP contribution >= 0.6 is 23.2 Å². The van der Waals surface area contributed by atoms with Gasteiger partial charge in [-0.2, -0.15) is 0 Å². The van der Waals surface area contributed by atoms with E-state index in [2.05, 4.69) is 4.98 Å². The molecule has 3 aromatic rings. The first-order valence-electron chi connectivity index (χ1n) is 6.41. The Morgan fingerprint density at radius 2 is 1.71 bits per heavy atom. The number of aromatic nitrogens is 2. The summed E-state index contributed by atoms with van der Waals surface area (Å²) in [4.78, 5) is 4.65. The minimum absolute atomic E-state index is 0.462. The lowest BCUT2D eigenvalue weighted by Crippen LogP contribution is -1.98. The van der Waals surface area contributed by atoms with Crippen molar-refractivity contribution in [3.8, 4) is 22.6 Å². The van der Waals surface area contributed by atoms with Crippen molar-refractivity contribution in [2.24, 2.45) is 7.05 Å². The number of imidazole rings is 1. The molecular formula is C16H13Cl2N3. The molecule has 0 aliphatic heterocycles. The second-order valence-corrected chi connectivity index (χ2v) is 5.48. The van der Waals surface area contributed by atoms with Gasteiger partial charge in [-0.05, 0) is 6.07 Å². The SMILES string of the molecule is Cn1c(-c2ccccc2)nc(-c2cccc(Cl)c2Cl)c1N. The Labute approximate surface area is 132 Å². The number of nitrogens with two attached hydrogens (primary N) is 1. The van der Waals surface area contributed by atoms with Gasteiger partial charge in [0.2, 0.25) is 0 Å². The number of nitrogen functional groups attached to an aromatic ring is 1. The maximum atomic E-state index is 6.27. The van der Waals surface area contributed by atoms with Gasteiger partial charge < -0.3 is 10.3 Å². The maximum absolute atomic E-state index is 6.27. The second kappa shape index (κ2) is 5.43. The molecule has 0 radical (unpaired) electrons. The van der Waals surface area contributed by atoms with Gasteiger partial charge in [-0.1, -0.05) is 65.7 Å². The number of benzene rings is 2. The molecule has 0 amide bonds. The molecular weight excluding hydrogens is 305 g/mol. The predicted molar refractivity (Wildman–Crippen MR) is 88.5 cm³/mol. The van der Waals surface area contributed by atoms with Gasteiger partial charge in [0.1, 0.15) is 17.3 Å². The number of rotatable bonds is 2. The Morgan fingerprint density at radius 3 is 2.43 bits per heavy atom. The van der Waals surface area contributed by atoms with Crippen molar-refractivity contribution in [2.45, 2.75) is 0 Å². The number of anilines is 1. The fourth-order valence-corrected chi connectivity index (χ4v) is 2.63. The Hall–Kier alpha value is -1.97. The third kappa shape index (κ3) is 2.39. The summed E-state index contributed by atoms with van der Waals surface area (Å²) < 4.78 is 1.85. The van der Waals surface area contributed by atoms with Gasteiger partial charge in [-0.15, -0.1) is 0 Å². The molecule has 1 aromatic heterocycles. The summed E-state index contributed by atoms with van der Waals surface area (Å²) >= 11 is 12.3. The van der Waals surface area contributed by atoms with Crippen LogP contribution in [0.5, 0.6) is 0 Å². The molecule has 2 N–H and O–H groups in total. The fourth-order valence-electron chi connectivity index (χ4n) is 2.24. The van der Waals surface area contributed by atoms with Crippen LogP contribution in [0.2, 0.25) is 10.0 Å². The van der Waals surface area contributed by atoms with Crippen molar-refractivity contribution in [1.82, 2.24) is 9.55 Å². The summed E-state index contributed by atoms with van der Waals surface area (Å²) in [5.74, 6) is 1.34. The highest BCUT2D eigenvalue weighted by molar-refractivity contribution is 6.43. The highest BCUT2D eigenvalue weighted by Gasteiger charge is 2.18. The summed E-state index contributed by atoms with van der Waals surface area (Å²) in [5.41, 5.74) is 8.56. The van der Waals surface area contributed by atoms with Gasteiger partial charge >= 0.3 is 0 Å². The lowest BCUT2D eigenvalue weighted by Gasteiger charge is -2.04. The Morgan fingerprint density at radius 1 is 1.00 bits per heavy atom. The molecule has 0 bridgehead atoms. The zero-order valence-electron chi connectivity index (χ0n) is 11.3. The van der Waals surface area contributed by atoms with E-state index in [1.807, 2.05) is 54.1 Å². The van der Waals surface area contributed by atoms with E-state index in [4.69, 9.17) is 28.9 Å². The van der Waals surface area contributed by atoms with Crippen molar-refractivity contribution >= 4 is 29.0 Å². The molecule has 2 aromatic carbocycles. The maximum Gasteiger partial charge on any atom is 0.142 e. The molecule has 106 valence electrons. The van der Waals surface area contributed by atoms with Gasteiger partial charge in [0.05, 0.1) is 10.0 Å². The Kier molecular flexibility index (Phi) is 3.62. The second-order valence-electron chi connectivity index (χ2n) is 4.70. The zero-order chi connectivity index (χ0) is 15.0. The van der Waals surface area contributed by atoms with E-state index < -0.39 is 0 Å². The first kappa shape index (κ1) is 14.0. The first-order chi connectivity index (χ1) is 10.1. The quantitative estimate of drug-likeness (QED) is 0.748. The van der Waals surface area contributed by atoms with Gasteiger partial charge in [-0.3, -0.25) is 0 Å². The van der Waals surface area contributed by atoms with Gasteiger partial charge in [-0.25, -0.2) is 4.98 Å². The van der Waals surface area contributed by atoms with E-state index in [1.165, 1.54) is 0 Å². The zero-order valence-corrected chi connectivity index (χ0v) is 12.9. The molecule has 0 saturated carbocycles. The van der Waals surface area contributed by atoms with Crippen LogP contribution in [0, 0.1) is 0 Å². The molecule has 0 unspecified atom stereocenters. The summed E-state index contributed by atoms with van der Waals surface area (Å²) in [7, 11) is 1.88. The van der Waals surface area contributed by atoms with Crippen molar-refractivity contribution in [2.75, 3.05) is 5.73 Å². The van der Waals surface area contributed by atoms with Crippen LogP contribution in [0.3, 0.4) is 0 Å². The summed E-state index contributed by atoms with van der Waals surface area (Å²) in [6.07, 6.45) is 0. The summed E-state index contributed by atoms with van der Waals surface area (Å²) in [6, 6.07) is 15.3. The molecule has 3 rings (SSSR count). The normalized spacial score (nSPS) is 10.8. The van der Waals surface area contributed by atoms with E-state index in [9.17, 15) is 0 Å². The monoisotopic (exact) mass is 317 g/mol. The van der Waals surface area contributed by atoms with E-state index in [-0.39, 0.29) is 0 Å². The topological polar surface area (TPSA) is 43.8 Å². The van der Waals surface area contributed by atoms with Crippen LogP contribution in [0.15, 0.2) is 48.5 Å². The smallest absolute Gasteiger partial charge is 0.142 e. The number of halogens is 2. The highest BCUT2D eigenvalue weighted by atomic mass is 35.5. The molecule has 5 heteroatoms. The molecule has 0 spiro atoms. The first-order valence-corrected chi connectivity index (χ1v) is 7.17. The molecule has 0 saturated heterocycles. The van der Waals surface area contributed by atoms with E-state index in [0.717, 1.165) is 17.0 Å². The molecule has 0 aliphatic rings. The van der Waals surface area contributed by atoms with Gasteiger partial charge in [0.25, 0.3) is 0 Å². The molecule has 0 aliphatic carbocycles. The number of hydrogen-bond acceptors (Lipinski definition) is 2. The lowest BCUT2D eigenvalue weighted by molar-refractivity contribution is 0.937. The largest absolute Gasteiger partial charge is 0.383 e. The van der Waals surface area contributed by atoms with Crippen LogP contribution in [-0.4, -0.2) is 9.55 Å². The standard InChI is InChI=1S/C16H13Cl2N3/c1-21-15(19)14(11-8-5-9-12(17)13(11)18)20-16(21)10-6-3-2-4-7-10/h2-9H,19H2,1H3. The van der Waals surface area contributed by atoms with Gasteiger partial charge in [0.15, 0.2) is 0 Å². The number of hydrogen-bond donors (Lipinski definition) is 1. The third-order valence-electron chi connectivity index (χ3n) is 3.38. The molecule has 0 atom stereocenters. The van der Waals surface area contributed by atoms with Crippen LogP contribution in [-0.2, 0) is 7.05 Å². The molecule has 3 nitrogen and oxygen atoms in total. The third-order valence-corrected chi connectivity index (χ3v) is 4.20. The van der Waals surface area contributed by atoms with E-state index >= 15 is 0 Å². The van der Waals surface area contributed by atoms with Crippen molar-refractivity contribution in [1.29, 1.82) is 0 Å². The Balaban J connectivity index is 2.20. The summed E-state index contributed by atoms with van der Waals surface area (Å²) in [6.45, 7) is 0. The van der Waals surface area contributed by atoms with E-state index in [1.54, 1.807) is 6.07 Å². The summed E-state index contributed by atoms with van der Waals surface area (Å²) in [5, 5.41) is 0.948. The average Bonchev–Trinajstić information content (AvgIpc) is 2.79. The fraction of sp³-hybridized carbons (Fsp3) is 0.0625. The van der Waals surface area contributed by atoms with Crippen molar-refractivity contribution in [3.05, 3.63) is 58.6 Å². The molecule has 21 heavy (non-hydrogen) atoms. The molecule has 0 fully saturated rings. The van der Waals surface area contributed by atoms with Crippen molar-refractivity contribution < 1.29 is 0 Å². The minimum atomic E-state index is 0.462. The Bertz CT molecular complexity index is 795. The lowest BCUT2D eigenvalue weighted by atomic mass is 10.1. The van der Waals surface area contributed by atoms with Crippen molar-refractivity contribution in [3.63, 3.8) is 0 Å². The minimum Gasteiger partial charge on any atom is -0.383 e. The van der Waals surface area contributed by atoms with Crippen LogP contribution < -0.4 is 5.73 Å². The highest BCUT2D eigenvalue weighted by Crippen LogP contribution is 2.37. The van der Waals surface area contributed by atoms with Crippen LogP contribution in [0.1, 0.15) is 0 Å². The van der Waals surface area contributed by atoms with E-state index in [0.29, 0.717) is 21.6 Å². The van der Waals surface area contributed by atoms with Crippen LogP contribution in [0.25, 0.3) is 22.6 Å². The van der Waals surface area contributed by atoms with Gasteiger partial charge in [0, 0.05) is 18.2 Å². The number of nitrogens with zero attached hydrogens (tertiary/aromatic N) is 2. The average molecular weight is 318 g/mol. The van der Waals surface area contributed by atoms with Crippen LogP contribution in [0.4, 0.5) is 5.82 Å². The predicted octanol–water partition coefficient (Wildman–Crippen LogP) is 4.64.